The summed E-state index contributed by atoms with van der Waals surface area (Å²) in [5.74, 6) is -0.685. The first-order valence-corrected chi connectivity index (χ1v) is 7.92. The second kappa shape index (κ2) is 6.53. The van der Waals surface area contributed by atoms with E-state index in [4.69, 9.17) is 16.7 Å². The quantitative estimate of drug-likeness (QED) is 0.885. The number of halogens is 2. The van der Waals surface area contributed by atoms with Gasteiger partial charge in [0.25, 0.3) is 0 Å². The summed E-state index contributed by atoms with van der Waals surface area (Å²) >= 11 is 5.82. The van der Waals surface area contributed by atoms with Gasteiger partial charge in [0.1, 0.15) is 5.82 Å². The largest absolute Gasteiger partial charge is 0.392 e. The molecule has 21 heavy (non-hydrogen) atoms. The number of sulfonamides is 1. The summed E-state index contributed by atoms with van der Waals surface area (Å²) in [7, 11) is -3.93. The fraction of sp³-hybridized carbons (Fsp3) is 0.143. The van der Waals surface area contributed by atoms with Crippen molar-refractivity contribution in [3.63, 3.8) is 0 Å². The van der Waals surface area contributed by atoms with Gasteiger partial charge in [-0.05, 0) is 35.4 Å². The first-order valence-electron chi connectivity index (χ1n) is 6.06. The normalized spacial score (nSPS) is 11.6. The molecule has 2 aromatic carbocycles. The Balaban J connectivity index is 2.24. The molecule has 2 N–H and O–H groups in total. The molecule has 0 amide bonds. The van der Waals surface area contributed by atoms with E-state index >= 15 is 0 Å². The summed E-state index contributed by atoms with van der Waals surface area (Å²) in [6.07, 6.45) is 0. The van der Waals surface area contributed by atoms with Crippen LogP contribution in [0.1, 0.15) is 11.1 Å². The summed E-state index contributed by atoms with van der Waals surface area (Å²) in [6.45, 7) is -0.474. The Labute approximate surface area is 127 Å². The molecule has 0 bridgehead atoms. The van der Waals surface area contributed by atoms with E-state index in [0.29, 0.717) is 10.6 Å². The van der Waals surface area contributed by atoms with E-state index in [1.807, 2.05) is 0 Å². The van der Waals surface area contributed by atoms with E-state index in [0.717, 1.165) is 12.1 Å². The smallest absolute Gasteiger partial charge is 0.241 e. The molecule has 0 radical (unpaired) electrons. The van der Waals surface area contributed by atoms with Gasteiger partial charge in [0.15, 0.2) is 0 Å². The second-order valence-electron chi connectivity index (χ2n) is 4.36. The van der Waals surface area contributed by atoms with Gasteiger partial charge in [0, 0.05) is 11.6 Å². The van der Waals surface area contributed by atoms with Gasteiger partial charge in [-0.2, -0.15) is 0 Å². The van der Waals surface area contributed by atoms with Crippen LogP contribution < -0.4 is 4.72 Å². The van der Waals surface area contributed by atoms with Crippen molar-refractivity contribution in [3.05, 3.63) is 64.4 Å². The number of hydrogen-bond acceptors (Lipinski definition) is 3. The van der Waals surface area contributed by atoms with Gasteiger partial charge < -0.3 is 5.11 Å². The van der Waals surface area contributed by atoms with E-state index < -0.39 is 22.4 Å². The number of rotatable bonds is 5. The average Bonchev–Trinajstić information content (AvgIpc) is 2.45. The van der Waals surface area contributed by atoms with Gasteiger partial charge in [-0.1, -0.05) is 29.8 Å². The van der Waals surface area contributed by atoms with Crippen LogP contribution >= 0.6 is 11.6 Å². The monoisotopic (exact) mass is 329 g/mol. The number of aliphatic hydroxyl groups excluding tert-OH is 1. The van der Waals surface area contributed by atoms with E-state index in [9.17, 15) is 12.8 Å². The molecule has 0 saturated carbocycles. The highest BCUT2D eigenvalue weighted by atomic mass is 35.5. The number of benzene rings is 2. The molecule has 0 saturated heterocycles. The topological polar surface area (TPSA) is 66.4 Å². The third-order valence-electron chi connectivity index (χ3n) is 2.84. The summed E-state index contributed by atoms with van der Waals surface area (Å²) in [6, 6.07) is 9.94. The van der Waals surface area contributed by atoms with E-state index in [1.165, 1.54) is 6.07 Å². The number of aliphatic hydroxyl groups is 1. The lowest BCUT2D eigenvalue weighted by Gasteiger charge is -2.10. The molecule has 7 heteroatoms. The summed E-state index contributed by atoms with van der Waals surface area (Å²) in [4.78, 5) is -0.271. The highest BCUT2D eigenvalue weighted by Gasteiger charge is 2.18. The van der Waals surface area contributed by atoms with E-state index in [-0.39, 0.29) is 17.0 Å². The Morgan fingerprint density at radius 2 is 1.95 bits per heavy atom. The number of nitrogens with one attached hydrogen (secondary N) is 1. The molecule has 0 atom stereocenters. The van der Waals surface area contributed by atoms with Crippen LogP contribution in [-0.4, -0.2) is 13.5 Å². The Hall–Kier alpha value is -1.47. The molecular formula is C14H13ClFNO3S. The van der Waals surface area contributed by atoms with Crippen LogP contribution in [0.3, 0.4) is 0 Å². The van der Waals surface area contributed by atoms with Gasteiger partial charge in [0.2, 0.25) is 10.0 Å². The minimum atomic E-state index is -3.93. The van der Waals surface area contributed by atoms with Crippen molar-refractivity contribution >= 4 is 21.6 Å². The Kier molecular flexibility index (Phi) is 4.95. The van der Waals surface area contributed by atoms with Crippen molar-refractivity contribution < 1.29 is 17.9 Å². The van der Waals surface area contributed by atoms with Gasteiger partial charge in [-0.15, -0.1) is 0 Å². The van der Waals surface area contributed by atoms with Crippen molar-refractivity contribution in [1.82, 2.24) is 4.72 Å². The van der Waals surface area contributed by atoms with Crippen molar-refractivity contribution in [1.29, 1.82) is 0 Å². The highest BCUT2D eigenvalue weighted by Crippen LogP contribution is 2.18. The molecular weight excluding hydrogens is 317 g/mol. The molecule has 0 heterocycles. The van der Waals surface area contributed by atoms with Gasteiger partial charge in [-0.25, -0.2) is 17.5 Å². The maximum Gasteiger partial charge on any atom is 0.241 e. The third-order valence-corrected chi connectivity index (χ3v) is 4.56. The summed E-state index contributed by atoms with van der Waals surface area (Å²) in [5, 5.41) is 9.66. The fourth-order valence-corrected chi connectivity index (χ4v) is 3.28. The SMILES string of the molecule is O=S(=O)(NCc1cccc(Cl)c1)c1cc(F)ccc1CO. The molecule has 112 valence electrons. The molecule has 2 aromatic rings. The molecule has 0 spiro atoms. The van der Waals surface area contributed by atoms with Crippen LogP contribution in [0.5, 0.6) is 0 Å². The second-order valence-corrected chi connectivity index (χ2v) is 6.54. The Morgan fingerprint density at radius 3 is 2.62 bits per heavy atom. The van der Waals surface area contributed by atoms with E-state index in [1.54, 1.807) is 24.3 Å². The minimum absolute atomic E-state index is 0.0181. The van der Waals surface area contributed by atoms with Gasteiger partial charge in [-0.3, -0.25) is 0 Å². The standard InChI is InChI=1S/C14H13ClFNO3S/c15-12-3-1-2-10(6-12)8-17-21(19,20)14-7-13(16)5-4-11(14)9-18/h1-7,17-18H,8-9H2. The van der Waals surface area contributed by atoms with Crippen LogP contribution in [0.4, 0.5) is 4.39 Å². The molecule has 4 nitrogen and oxygen atoms in total. The minimum Gasteiger partial charge on any atom is -0.392 e. The fourth-order valence-electron chi connectivity index (χ4n) is 1.81. The van der Waals surface area contributed by atoms with E-state index in [2.05, 4.69) is 4.72 Å². The van der Waals surface area contributed by atoms with Crippen molar-refractivity contribution in [2.24, 2.45) is 0 Å². The maximum absolute atomic E-state index is 13.2. The lowest BCUT2D eigenvalue weighted by molar-refractivity contribution is 0.278. The Bertz CT molecular complexity index is 750. The van der Waals surface area contributed by atoms with Crippen LogP contribution in [0.2, 0.25) is 5.02 Å². The summed E-state index contributed by atoms with van der Waals surface area (Å²) < 4.78 is 40.0. The molecule has 0 fully saturated rings. The third kappa shape index (κ3) is 4.01. The molecule has 0 aliphatic carbocycles. The lowest BCUT2D eigenvalue weighted by atomic mass is 10.2. The molecule has 0 aliphatic heterocycles. The zero-order valence-electron chi connectivity index (χ0n) is 10.9. The predicted octanol–water partition coefficient (Wildman–Crippen LogP) is 2.45. The molecule has 0 aromatic heterocycles. The van der Waals surface area contributed by atoms with Crippen molar-refractivity contribution in [2.75, 3.05) is 0 Å². The first kappa shape index (κ1) is 15.9. The number of hydrogen-bond donors (Lipinski definition) is 2. The molecule has 0 unspecified atom stereocenters. The Morgan fingerprint density at radius 1 is 1.19 bits per heavy atom. The van der Waals surface area contributed by atoms with Crippen molar-refractivity contribution in [2.45, 2.75) is 18.0 Å². The van der Waals surface area contributed by atoms with Crippen LogP contribution in [0.15, 0.2) is 47.4 Å². The lowest BCUT2D eigenvalue weighted by Crippen LogP contribution is -2.24. The maximum atomic E-state index is 13.2. The molecule has 0 aliphatic rings. The highest BCUT2D eigenvalue weighted by molar-refractivity contribution is 7.89. The molecule has 2 rings (SSSR count). The van der Waals surface area contributed by atoms with Crippen LogP contribution in [-0.2, 0) is 23.2 Å². The zero-order valence-corrected chi connectivity index (χ0v) is 12.5. The van der Waals surface area contributed by atoms with Gasteiger partial charge >= 0.3 is 0 Å². The predicted molar refractivity (Wildman–Crippen MR) is 77.8 cm³/mol. The van der Waals surface area contributed by atoms with Crippen molar-refractivity contribution in [3.8, 4) is 0 Å². The summed E-state index contributed by atoms with van der Waals surface area (Å²) in [5.41, 5.74) is 0.808. The van der Waals surface area contributed by atoms with Gasteiger partial charge in [0.05, 0.1) is 11.5 Å². The zero-order chi connectivity index (χ0) is 15.5. The van der Waals surface area contributed by atoms with Crippen LogP contribution in [0.25, 0.3) is 0 Å². The first-order chi connectivity index (χ1) is 9.92. The average molecular weight is 330 g/mol. The van der Waals surface area contributed by atoms with Crippen LogP contribution in [0, 0.1) is 5.82 Å².